The Morgan fingerprint density at radius 3 is 2.71 bits per heavy atom. The Labute approximate surface area is 76.6 Å². The summed E-state index contributed by atoms with van der Waals surface area (Å²) in [7, 11) is 0. The molecule has 0 bridgehead atoms. The van der Waals surface area contributed by atoms with Gasteiger partial charge in [-0.05, 0) is 12.1 Å². The highest BCUT2D eigenvalue weighted by Gasteiger charge is 2.09. The first-order valence-electron chi connectivity index (χ1n) is 3.77. The van der Waals surface area contributed by atoms with E-state index < -0.39 is 11.2 Å². The minimum Gasteiger partial charge on any atom is -0.507 e. The average molecular weight is 194 g/mol. The van der Waals surface area contributed by atoms with E-state index in [1.54, 1.807) is 0 Å². The number of benzene rings is 1. The van der Waals surface area contributed by atoms with Gasteiger partial charge in [0.25, 0.3) is 0 Å². The number of rotatable bonds is 0. The van der Waals surface area contributed by atoms with Crippen molar-refractivity contribution < 1.29 is 10.3 Å². The summed E-state index contributed by atoms with van der Waals surface area (Å²) >= 11 is 0. The molecule has 0 aliphatic rings. The van der Waals surface area contributed by atoms with E-state index in [4.69, 9.17) is 5.21 Å². The van der Waals surface area contributed by atoms with Crippen LogP contribution in [-0.4, -0.2) is 20.0 Å². The van der Waals surface area contributed by atoms with Crippen LogP contribution in [0, 0.1) is 0 Å². The fourth-order valence-corrected chi connectivity index (χ4v) is 1.24. The SMILES string of the molecule is O=c1[nH]c2cccc(O)c2c(=O)n1O. The van der Waals surface area contributed by atoms with Crippen LogP contribution < -0.4 is 11.2 Å². The van der Waals surface area contributed by atoms with Gasteiger partial charge in [0.05, 0.1) is 5.52 Å². The van der Waals surface area contributed by atoms with Gasteiger partial charge in [-0.2, -0.15) is 0 Å². The van der Waals surface area contributed by atoms with Gasteiger partial charge in [0.15, 0.2) is 0 Å². The number of phenolic OH excluding ortho intramolecular Hbond substituents is 1. The highest BCUT2D eigenvalue weighted by molar-refractivity contribution is 5.83. The number of aromatic amines is 1. The van der Waals surface area contributed by atoms with E-state index in [1.165, 1.54) is 18.2 Å². The van der Waals surface area contributed by atoms with E-state index in [-0.39, 0.29) is 21.4 Å². The van der Waals surface area contributed by atoms with Gasteiger partial charge in [0.1, 0.15) is 11.1 Å². The number of hydrogen-bond donors (Lipinski definition) is 3. The van der Waals surface area contributed by atoms with Gasteiger partial charge in [-0.3, -0.25) is 4.79 Å². The van der Waals surface area contributed by atoms with Gasteiger partial charge in [-0.1, -0.05) is 10.8 Å². The highest BCUT2D eigenvalue weighted by atomic mass is 16.5. The molecule has 3 N–H and O–H groups in total. The van der Waals surface area contributed by atoms with Gasteiger partial charge in [0, 0.05) is 0 Å². The summed E-state index contributed by atoms with van der Waals surface area (Å²) in [6, 6.07) is 4.23. The minimum atomic E-state index is -0.943. The Kier molecular flexibility index (Phi) is 1.57. The molecule has 0 radical (unpaired) electrons. The normalized spacial score (nSPS) is 10.6. The molecule has 2 rings (SSSR count). The number of nitrogens with one attached hydrogen (secondary N) is 1. The molecule has 0 amide bonds. The van der Waals surface area contributed by atoms with Crippen LogP contribution in [0.1, 0.15) is 0 Å². The predicted octanol–water partition coefficient (Wildman–Crippen LogP) is -0.367. The molecular weight excluding hydrogens is 188 g/mol. The third kappa shape index (κ3) is 0.972. The molecule has 1 aromatic carbocycles. The van der Waals surface area contributed by atoms with Crippen LogP contribution in [0.2, 0.25) is 0 Å². The lowest BCUT2D eigenvalue weighted by atomic mass is 10.2. The Bertz CT molecular complexity index is 611. The van der Waals surface area contributed by atoms with Gasteiger partial charge in [-0.25, -0.2) is 4.79 Å². The van der Waals surface area contributed by atoms with Gasteiger partial charge in [0.2, 0.25) is 0 Å². The van der Waals surface area contributed by atoms with Crippen molar-refractivity contribution in [1.29, 1.82) is 0 Å². The second kappa shape index (κ2) is 2.63. The monoisotopic (exact) mass is 194 g/mol. The van der Waals surface area contributed by atoms with Crippen molar-refractivity contribution in [3.63, 3.8) is 0 Å². The van der Waals surface area contributed by atoms with Crippen molar-refractivity contribution in [2.45, 2.75) is 0 Å². The largest absolute Gasteiger partial charge is 0.507 e. The zero-order valence-electron chi connectivity index (χ0n) is 6.89. The van der Waals surface area contributed by atoms with Crippen molar-refractivity contribution in [1.82, 2.24) is 9.71 Å². The number of fused-ring (bicyclic) bond motifs is 1. The molecule has 2 aromatic rings. The molecule has 0 fully saturated rings. The molecule has 1 heterocycles. The molecule has 0 aliphatic heterocycles. The lowest BCUT2D eigenvalue weighted by Crippen LogP contribution is -2.33. The number of phenols is 1. The fourth-order valence-electron chi connectivity index (χ4n) is 1.24. The van der Waals surface area contributed by atoms with Gasteiger partial charge >= 0.3 is 11.2 Å². The molecule has 0 unspecified atom stereocenters. The molecule has 72 valence electrons. The smallest absolute Gasteiger partial charge is 0.362 e. The summed E-state index contributed by atoms with van der Waals surface area (Å²) in [5.74, 6) is -0.286. The second-order valence-electron chi connectivity index (χ2n) is 2.75. The third-order valence-corrected chi connectivity index (χ3v) is 1.88. The van der Waals surface area contributed by atoms with Crippen molar-refractivity contribution >= 4 is 10.9 Å². The number of hydrogen-bond acceptors (Lipinski definition) is 4. The van der Waals surface area contributed by atoms with E-state index >= 15 is 0 Å². The van der Waals surface area contributed by atoms with E-state index in [0.717, 1.165) is 0 Å². The molecule has 6 nitrogen and oxygen atoms in total. The molecule has 14 heavy (non-hydrogen) atoms. The van der Waals surface area contributed by atoms with Gasteiger partial charge in [-0.15, -0.1) is 0 Å². The van der Waals surface area contributed by atoms with E-state index in [0.29, 0.717) is 0 Å². The number of aromatic hydroxyl groups is 1. The maximum absolute atomic E-state index is 11.3. The van der Waals surface area contributed by atoms with Gasteiger partial charge < -0.3 is 15.3 Å². The predicted molar refractivity (Wildman–Crippen MR) is 47.7 cm³/mol. The first kappa shape index (κ1) is 8.36. The van der Waals surface area contributed by atoms with Crippen molar-refractivity contribution in [2.75, 3.05) is 0 Å². The van der Waals surface area contributed by atoms with Crippen molar-refractivity contribution in [3.05, 3.63) is 39.0 Å². The van der Waals surface area contributed by atoms with E-state index in [9.17, 15) is 14.7 Å². The summed E-state index contributed by atoms with van der Waals surface area (Å²) in [5.41, 5.74) is -1.69. The van der Waals surface area contributed by atoms with Crippen LogP contribution in [0.5, 0.6) is 5.75 Å². The molecule has 0 saturated heterocycles. The Morgan fingerprint density at radius 2 is 2.00 bits per heavy atom. The molecule has 0 aliphatic carbocycles. The fraction of sp³-hybridized carbons (Fsp3) is 0. The molecule has 1 aromatic heterocycles. The number of H-pyrrole nitrogens is 1. The highest BCUT2D eigenvalue weighted by Crippen LogP contribution is 2.17. The second-order valence-corrected chi connectivity index (χ2v) is 2.75. The third-order valence-electron chi connectivity index (χ3n) is 1.88. The lowest BCUT2D eigenvalue weighted by molar-refractivity contribution is 0.162. The number of nitrogens with zero attached hydrogens (tertiary/aromatic N) is 1. The van der Waals surface area contributed by atoms with Crippen molar-refractivity contribution in [2.24, 2.45) is 0 Å². The van der Waals surface area contributed by atoms with Crippen molar-refractivity contribution in [3.8, 4) is 5.75 Å². The molecule has 0 saturated carbocycles. The summed E-state index contributed by atoms with van der Waals surface area (Å²) in [4.78, 5) is 24.5. The first-order valence-corrected chi connectivity index (χ1v) is 3.77. The van der Waals surface area contributed by atoms with Crippen LogP contribution in [0.4, 0.5) is 0 Å². The first-order chi connectivity index (χ1) is 6.61. The molecule has 6 heteroatoms. The maximum Gasteiger partial charge on any atom is 0.362 e. The Morgan fingerprint density at radius 1 is 1.29 bits per heavy atom. The molecular formula is C8H6N2O4. The van der Waals surface area contributed by atoms with Crippen LogP contribution >= 0.6 is 0 Å². The standard InChI is InChI=1S/C8H6N2O4/c11-5-3-1-2-4-6(5)7(12)10(14)8(13)9-4/h1-3,11,14H,(H,9,13). The quantitative estimate of drug-likeness (QED) is 0.499. The zero-order chi connectivity index (χ0) is 10.3. The van der Waals surface area contributed by atoms with E-state index in [2.05, 4.69) is 4.98 Å². The van der Waals surface area contributed by atoms with Crippen LogP contribution in [-0.2, 0) is 0 Å². The molecule has 0 spiro atoms. The topological polar surface area (TPSA) is 95.3 Å². The summed E-state index contributed by atoms with van der Waals surface area (Å²) in [6.07, 6.45) is 0. The summed E-state index contributed by atoms with van der Waals surface area (Å²) in [5, 5.41) is 18.2. The van der Waals surface area contributed by atoms with Crippen LogP contribution in [0.25, 0.3) is 10.9 Å². The summed E-state index contributed by atoms with van der Waals surface area (Å²) in [6.45, 7) is 0. The number of aromatic nitrogens is 2. The molecule has 0 atom stereocenters. The average Bonchev–Trinajstić information content (AvgIpc) is 2.14. The maximum atomic E-state index is 11.3. The van der Waals surface area contributed by atoms with E-state index in [1.807, 2.05) is 0 Å². The minimum absolute atomic E-state index is 0.0813. The Balaban J connectivity index is 3.15. The zero-order valence-corrected chi connectivity index (χ0v) is 6.89. The Hall–Kier alpha value is -2.24. The van der Waals surface area contributed by atoms with Crippen LogP contribution in [0.15, 0.2) is 27.8 Å². The summed E-state index contributed by atoms with van der Waals surface area (Å²) < 4.78 is -0.0813. The van der Waals surface area contributed by atoms with Crippen LogP contribution in [0.3, 0.4) is 0 Å². The lowest BCUT2D eigenvalue weighted by Gasteiger charge is -2.00.